The fourth-order valence-electron chi connectivity index (χ4n) is 3.50. The number of carbonyl (C=O) groups excluding carboxylic acids is 2. The lowest BCUT2D eigenvalue weighted by Gasteiger charge is -2.33. The van der Waals surface area contributed by atoms with E-state index in [-0.39, 0.29) is 19.1 Å². The van der Waals surface area contributed by atoms with Gasteiger partial charge in [-0.15, -0.1) is 0 Å². The molecule has 3 amide bonds. The van der Waals surface area contributed by atoms with Gasteiger partial charge in [0.1, 0.15) is 23.9 Å². The Morgan fingerprint density at radius 3 is 2.63 bits per heavy atom. The van der Waals surface area contributed by atoms with Crippen molar-refractivity contribution in [3.8, 4) is 17.2 Å². The molecule has 0 saturated carbocycles. The summed E-state index contributed by atoms with van der Waals surface area (Å²) in [4.78, 5) is 26.8. The number of ether oxygens (including phenoxy) is 3. The van der Waals surface area contributed by atoms with Crippen molar-refractivity contribution in [2.45, 2.75) is 12.0 Å². The summed E-state index contributed by atoms with van der Waals surface area (Å²) >= 11 is 0. The first-order valence-electron chi connectivity index (χ1n) is 8.77. The van der Waals surface area contributed by atoms with E-state index in [2.05, 4.69) is 5.32 Å². The molecule has 4 rings (SSSR count). The molecule has 1 fully saturated rings. The number of carbonyl (C=O) groups is 2. The molecule has 2 aliphatic rings. The highest BCUT2D eigenvalue weighted by Gasteiger charge is 2.54. The fraction of sp³-hybridized carbons (Fsp3) is 0.300. The van der Waals surface area contributed by atoms with E-state index < -0.39 is 11.6 Å². The van der Waals surface area contributed by atoms with Crippen LogP contribution in [0.2, 0.25) is 0 Å². The largest absolute Gasteiger partial charge is 0.497 e. The molecule has 1 atom stereocenters. The fourth-order valence-corrected chi connectivity index (χ4v) is 3.50. The van der Waals surface area contributed by atoms with Gasteiger partial charge in [0.15, 0.2) is 5.54 Å². The summed E-state index contributed by atoms with van der Waals surface area (Å²) in [5, 5.41) is 2.87. The van der Waals surface area contributed by atoms with Gasteiger partial charge in [-0.25, -0.2) is 4.79 Å². The van der Waals surface area contributed by atoms with Crippen molar-refractivity contribution < 1.29 is 23.8 Å². The number of para-hydroxylation sites is 1. The summed E-state index contributed by atoms with van der Waals surface area (Å²) in [7, 11) is 1.59. The van der Waals surface area contributed by atoms with Crippen molar-refractivity contribution >= 4 is 11.9 Å². The number of benzene rings is 2. The Labute approximate surface area is 156 Å². The van der Waals surface area contributed by atoms with Gasteiger partial charge in [-0.05, 0) is 30.3 Å². The molecule has 7 nitrogen and oxygen atoms in total. The third-order valence-electron chi connectivity index (χ3n) is 4.90. The Morgan fingerprint density at radius 1 is 1.11 bits per heavy atom. The molecule has 0 aromatic heterocycles. The highest BCUT2D eigenvalue weighted by Crippen LogP contribution is 2.40. The number of hydrogen-bond acceptors (Lipinski definition) is 5. The van der Waals surface area contributed by atoms with Gasteiger partial charge in [0.2, 0.25) is 0 Å². The lowest BCUT2D eigenvalue weighted by molar-refractivity contribution is -0.132. The lowest BCUT2D eigenvalue weighted by atomic mass is 9.84. The molecule has 0 unspecified atom stereocenters. The van der Waals surface area contributed by atoms with Gasteiger partial charge in [0.25, 0.3) is 5.91 Å². The van der Waals surface area contributed by atoms with E-state index in [0.29, 0.717) is 30.1 Å². The predicted molar refractivity (Wildman–Crippen MR) is 97.0 cm³/mol. The summed E-state index contributed by atoms with van der Waals surface area (Å²) in [6.07, 6.45) is 0.407. The van der Waals surface area contributed by atoms with Crippen molar-refractivity contribution in [1.82, 2.24) is 10.2 Å². The van der Waals surface area contributed by atoms with Gasteiger partial charge >= 0.3 is 6.03 Å². The van der Waals surface area contributed by atoms with Crippen LogP contribution in [0.1, 0.15) is 12.0 Å². The summed E-state index contributed by atoms with van der Waals surface area (Å²) in [5.74, 6) is 1.75. The molecule has 1 N–H and O–H groups in total. The average molecular weight is 368 g/mol. The van der Waals surface area contributed by atoms with Crippen molar-refractivity contribution in [2.24, 2.45) is 0 Å². The maximum absolute atomic E-state index is 13.1. The lowest BCUT2D eigenvalue weighted by Crippen LogP contribution is -2.47. The van der Waals surface area contributed by atoms with E-state index in [0.717, 1.165) is 5.75 Å². The minimum atomic E-state index is -1.05. The van der Waals surface area contributed by atoms with Crippen LogP contribution in [0, 0.1) is 0 Å². The third kappa shape index (κ3) is 2.95. The maximum atomic E-state index is 13.1. The van der Waals surface area contributed by atoms with Crippen molar-refractivity contribution in [3.63, 3.8) is 0 Å². The number of amides is 3. The van der Waals surface area contributed by atoms with Crippen molar-refractivity contribution in [2.75, 3.05) is 26.9 Å². The Bertz CT molecular complexity index is 867. The molecule has 1 spiro atoms. The Kier molecular flexibility index (Phi) is 4.35. The van der Waals surface area contributed by atoms with Crippen molar-refractivity contribution in [1.29, 1.82) is 0 Å². The molecule has 140 valence electrons. The summed E-state index contributed by atoms with van der Waals surface area (Å²) in [6, 6.07) is 14.0. The molecular formula is C20H20N2O5. The molecule has 2 aromatic rings. The summed E-state index contributed by atoms with van der Waals surface area (Å²) in [6.45, 7) is 0.750. The van der Waals surface area contributed by atoms with E-state index in [9.17, 15) is 9.59 Å². The number of nitrogens with zero attached hydrogens (tertiary/aromatic N) is 1. The maximum Gasteiger partial charge on any atom is 0.325 e. The van der Waals surface area contributed by atoms with Gasteiger partial charge in [-0.3, -0.25) is 9.69 Å². The van der Waals surface area contributed by atoms with Crippen LogP contribution in [-0.2, 0) is 10.3 Å². The zero-order valence-electron chi connectivity index (χ0n) is 14.9. The predicted octanol–water partition coefficient (Wildman–Crippen LogP) is 2.30. The highest BCUT2D eigenvalue weighted by atomic mass is 16.5. The number of imide groups is 1. The quantitative estimate of drug-likeness (QED) is 0.820. The average Bonchev–Trinajstić information content (AvgIpc) is 2.93. The number of nitrogens with one attached hydrogen (secondary N) is 1. The molecule has 0 bridgehead atoms. The first kappa shape index (κ1) is 17.2. The van der Waals surface area contributed by atoms with Crippen LogP contribution in [0.25, 0.3) is 0 Å². The molecular weight excluding hydrogens is 348 g/mol. The Morgan fingerprint density at radius 2 is 1.85 bits per heavy atom. The van der Waals surface area contributed by atoms with Crippen LogP contribution in [0.3, 0.4) is 0 Å². The number of hydrogen-bond donors (Lipinski definition) is 1. The number of rotatable bonds is 5. The summed E-state index contributed by atoms with van der Waals surface area (Å²) in [5.41, 5.74) is -0.348. The normalized spacial score (nSPS) is 20.9. The molecule has 27 heavy (non-hydrogen) atoms. The topological polar surface area (TPSA) is 77.1 Å². The van der Waals surface area contributed by atoms with Crippen LogP contribution in [0.4, 0.5) is 4.79 Å². The molecule has 2 heterocycles. The molecule has 2 aromatic carbocycles. The first-order chi connectivity index (χ1) is 13.1. The summed E-state index contributed by atoms with van der Waals surface area (Å²) < 4.78 is 16.4. The van der Waals surface area contributed by atoms with Crippen LogP contribution < -0.4 is 19.5 Å². The van der Waals surface area contributed by atoms with E-state index in [1.807, 2.05) is 24.3 Å². The van der Waals surface area contributed by atoms with Crippen LogP contribution in [0.15, 0.2) is 48.5 Å². The van der Waals surface area contributed by atoms with Gasteiger partial charge in [0.05, 0.1) is 20.3 Å². The van der Waals surface area contributed by atoms with E-state index in [1.165, 1.54) is 4.90 Å². The Balaban J connectivity index is 1.46. The van der Waals surface area contributed by atoms with Crippen LogP contribution >= 0.6 is 0 Å². The van der Waals surface area contributed by atoms with E-state index in [1.54, 1.807) is 31.4 Å². The SMILES string of the molecule is COc1ccc(OCCN2C(=O)N[C@]3(CCOc4ccccc43)C2=O)cc1. The van der Waals surface area contributed by atoms with Crippen molar-refractivity contribution in [3.05, 3.63) is 54.1 Å². The monoisotopic (exact) mass is 368 g/mol. The second-order valence-electron chi connectivity index (χ2n) is 6.41. The van der Waals surface area contributed by atoms with E-state index >= 15 is 0 Å². The van der Waals surface area contributed by atoms with Crippen LogP contribution in [0.5, 0.6) is 17.2 Å². The minimum Gasteiger partial charge on any atom is -0.497 e. The minimum absolute atomic E-state index is 0.168. The van der Waals surface area contributed by atoms with Gasteiger partial charge in [-0.2, -0.15) is 0 Å². The first-order valence-corrected chi connectivity index (χ1v) is 8.77. The van der Waals surface area contributed by atoms with Gasteiger partial charge in [-0.1, -0.05) is 18.2 Å². The smallest absolute Gasteiger partial charge is 0.325 e. The Hall–Kier alpha value is -3.22. The second kappa shape index (κ2) is 6.83. The number of fused-ring (bicyclic) bond motifs is 2. The highest BCUT2D eigenvalue weighted by molar-refractivity contribution is 6.07. The van der Waals surface area contributed by atoms with Gasteiger partial charge in [0, 0.05) is 12.0 Å². The third-order valence-corrected chi connectivity index (χ3v) is 4.90. The zero-order chi connectivity index (χ0) is 18.9. The zero-order valence-corrected chi connectivity index (χ0v) is 14.9. The van der Waals surface area contributed by atoms with E-state index in [4.69, 9.17) is 14.2 Å². The number of urea groups is 1. The van der Waals surface area contributed by atoms with Gasteiger partial charge < -0.3 is 19.5 Å². The molecule has 7 heteroatoms. The second-order valence-corrected chi connectivity index (χ2v) is 6.41. The molecule has 0 radical (unpaired) electrons. The molecule has 1 saturated heterocycles. The number of methoxy groups -OCH3 is 1. The molecule has 2 aliphatic heterocycles. The standard InChI is InChI=1S/C20H20N2O5/c1-25-14-6-8-15(9-7-14)26-13-11-22-18(23)20(21-19(22)24)10-12-27-17-5-3-2-4-16(17)20/h2-9H,10-13H2,1H3,(H,21,24)/t20-/m0/s1. The molecule has 0 aliphatic carbocycles. The van der Waals surface area contributed by atoms with Crippen LogP contribution in [-0.4, -0.2) is 43.7 Å².